The molecule has 3 heteroatoms. The number of ether oxygens (including phenoxy) is 1. The van der Waals surface area contributed by atoms with Gasteiger partial charge in [-0.15, -0.1) is 11.3 Å². The van der Waals surface area contributed by atoms with Crippen LogP contribution in [0.2, 0.25) is 0 Å². The van der Waals surface area contributed by atoms with E-state index in [4.69, 9.17) is 4.74 Å². The lowest BCUT2D eigenvalue weighted by Gasteiger charge is -2.08. The van der Waals surface area contributed by atoms with Gasteiger partial charge in [0.25, 0.3) is 0 Å². The van der Waals surface area contributed by atoms with Gasteiger partial charge in [-0.3, -0.25) is 4.79 Å². The second-order valence-corrected chi connectivity index (χ2v) is 5.54. The fourth-order valence-corrected chi connectivity index (χ4v) is 2.94. The van der Waals surface area contributed by atoms with Gasteiger partial charge in [0.1, 0.15) is 5.75 Å². The van der Waals surface area contributed by atoms with Crippen molar-refractivity contribution in [2.45, 2.75) is 13.3 Å². The molecule has 0 N–H and O–H groups in total. The summed E-state index contributed by atoms with van der Waals surface area (Å²) < 4.78 is 5.74. The van der Waals surface area contributed by atoms with Gasteiger partial charge < -0.3 is 4.74 Å². The largest absolute Gasteiger partial charge is 0.492 e. The van der Waals surface area contributed by atoms with Crippen LogP contribution in [0, 0.1) is 6.92 Å². The first-order valence-electron chi connectivity index (χ1n) is 6.27. The zero-order chi connectivity index (χ0) is 13.2. The summed E-state index contributed by atoms with van der Waals surface area (Å²) in [5.74, 6) is 0.826. The molecular formula is C16H14O2S. The highest BCUT2D eigenvalue weighted by molar-refractivity contribution is 7.10. The Morgan fingerprint density at radius 1 is 1.26 bits per heavy atom. The van der Waals surface area contributed by atoms with Crippen LogP contribution in [0.1, 0.15) is 27.2 Å². The standard InChI is InChI=1S/C16H14O2S/c1-11-4-2-6-14-15(17)12(7-8-18-16(11)14)10-13-5-3-9-19-13/h2-6,9-10H,7-8H2,1H3. The van der Waals surface area contributed by atoms with E-state index in [1.807, 2.05) is 48.7 Å². The number of para-hydroxylation sites is 1. The summed E-state index contributed by atoms with van der Waals surface area (Å²) >= 11 is 1.64. The Kier molecular flexibility index (Phi) is 3.22. The van der Waals surface area contributed by atoms with Crippen LogP contribution < -0.4 is 4.74 Å². The number of carbonyl (C=O) groups excluding carboxylic acids is 1. The van der Waals surface area contributed by atoms with Crippen LogP contribution in [0.4, 0.5) is 0 Å². The summed E-state index contributed by atoms with van der Waals surface area (Å²) in [6.45, 7) is 2.53. The molecule has 0 radical (unpaired) electrons. The first kappa shape index (κ1) is 12.2. The van der Waals surface area contributed by atoms with Crippen molar-refractivity contribution in [1.29, 1.82) is 0 Å². The van der Waals surface area contributed by atoms with Gasteiger partial charge in [-0.1, -0.05) is 18.2 Å². The molecule has 0 saturated carbocycles. The van der Waals surface area contributed by atoms with Crippen LogP contribution in [0.25, 0.3) is 6.08 Å². The minimum atomic E-state index is 0.0876. The lowest BCUT2D eigenvalue weighted by molar-refractivity contribution is 0.103. The normalized spacial score (nSPS) is 16.9. The van der Waals surface area contributed by atoms with Crippen LogP contribution in [0.3, 0.4) is 0 Å². The molecule has 0 atom stereocenters. The third-order valence-corrected chi connectivity index (χ3v) is 4.04. The summed E-state index contributed by atoms with van der Waals surface area (Å²) in [6.07, 6.45) is 2.64. The number of aryl methyl sites for hydroxylation is 1. The lowest BCUT2D eigenvalue weighted by Crippen LogP contribution is -2.02. The van der Waals surface area contributed by atoms with Gasteiger partial charge in [0.2, 0.25) is 0 Å². The number of benzene rings is 1. The summed E-state index contributed by atoms with van der Waals surface area (Å²) in [5.41, 5.74) is 2.52. The molecule has 0 fully saturated rings. The van der Waals surface area contributed by atoms with Crippen molar-refractivity contribution in [2.24, 2.45) is 0 Å². The van der Waals surface area contributed by atoms with E-state index in [-0.39, 0.29) is 5.78 Å². The molecule has 0 amide bonds. The van der Waals surface area contributed by atoms with Gasteiger partial charge in [0.05, 0.1) is 12.2 Å². The van der Waals surface area contributed by atoms with Crippen molar-refractivity contribution in [3.8, 4) is 5.75 Å². The van der Waals surface area contributed by atoms with Crippen molar-refractivity contribution in [1.82, 2.24) is 0 Å². The Bertz CT molecular complexity index is 639. The number of carbonyl (C=O) groups is 1. The average molecular weight is 270 g/mol. The molecule has 0 spiro atoms. The number of fused-ring (bicyclic) bond motifs is 1. The zero-order valence-corrected chi connectivity index (χ0v) is 11.5. The highest BCUT2D eigenvalue weighted by Gasteiger charge is 2.22. The highest BCUT2D eigenvalue weighted by Crippen LogP contribution is 2.30. The van der Waals surface area contributed by atoms with E-state index in [1.54, 1.807) is 11.3 Å². The van der Waals surface area contributed by atoms with Gasteiger partial charge in [-0.2, -0.15) is 0 Å². The second-order valence-electron chi connectivity index (χ2n) is 4.56. The minimum Gasteiger partial charge on any atom is -0.492 e. The molecule has 1 aliphatic heterocycles. The Balaban J connectivity index is 2.05. The number of ketones is 1. The maximum Gasteiger partial charge on any atom is 0.192 e. The van der Waals surface area contributed by atoms with Crippen LogP contribution in [-0.2, 0) is 0 Å². The summed E-state index contributed by atoms with van der Waals surface area (Å²) in [6, 6.07) is 9.74. The predicted octanol–water partition coefficient (Wildman–Crippen LogP) is 4.11. The summed E-state index contributed by atoms with van der Waals surface area (Å²) in [7, 11) is 0. The first-order valence-corrected chi connectivity index (χ1v) is 7.15. The SMILES string of the molecule is Cc1cccc2c1OCCC(=Cc1cccs1)C2=O. The van der Waals surface area contributed by atoms with E-state index >= 15 is 0 Å². The van der Waals surface area contributed by atoms with E-state index in [0.29, 0.717) is 18.6 Å². The van der Waals surface area contributed by atoms with Crippen molar-refractivity contribution < 1.29 is 9.53 Å². The van der Waals surface area contributed by atoms with E-state index in [1.165, 1.54) is 0 Å². The molecule has 2 heterocycles. The third kappa shape index (κ3) is 2.34. The van der Waals surface area contributed by atoms with Crippen LogP contribution in [0.15, 0.2) is 41.3 Å². The molecule has 2 aromatic rings. The quantitative estimate of drug-likeness (QED) is 0.729. The number of rotatable bonds is 1. The fraction of sp³-hybridized carbons (Fsp3) is 0.188. The first-order chi connectivity index (χ1) is 9.25. The minimum absolute atomic E-state index is 0.0876. The molecule has 1 aromatic heterocycles. The number of hydrogen-bond donors (Lipinski definition) is 0. The van der Waals surface area contributed by atoms with Gasteiger partial charge in [0, 0.05) is 16.9 Å². The van der Waals surface area contributed by atoms with Gasteiger partial charge in [-0.05, 0) is 36.1 Å². The molecular weight excluding hydrogens is 256 g/mol. The molecule has 0 bridgehead atoms. The Hall–Kier alpha value is -1.87. The average Bonchev–Trinajstić information content (AvgIpc) is 2.85. The van der Waals surface area contributed by atoms with Crippen molar-refractivity contribution in [2.75, 3.05) is 6.61 Å². The monoisotopic (exact) mass is 270 g/mol. The van der Waals surface area contributed by atoms with Crippen LogP contribution >= 0.6 is 11.3 Å². The molecule has 1 aliphatic rings. The van der Waals surface area contributed by atoms with E-state index in [0.717, 1.165) is 21.8 Å². The molecule has 0 aliphatic carbocycles. The Morgan fingerprint density at radius 2 is 2.16 bits per heavy atom. The van der Waals surface area contributed by atoms with Crippen LogP contribution in [0.5, 0.6) is 5.75 Å². The van der Waals surface area contributed by atoms with Crippen molar-refractivity contribution >= 4 is 23.2 Å². The topological polar surface area (TPSA) is 26.3 Å². The predicted molar refractivity (Wildman–Crippen MR) is 77.9 cm³/mol. The zero-order valence-electron chi connectivity index (χ0n) is 10.7. The molecule has 1 aromatic carbocycles. The van der Waals surface area contributed by atoms with E-state index in [2.05, 4.69) is 0 Å². The molecule has 19 heavy (non-hydrogen) atoms. The van der Waals surface area contributed by atoms with E-state index < -0.39 is 0 Å². The molecule has 0 unspecified atom stereocenters. The van der Waals surface area contributed by atoms with Crippen LogP contribution in [-0.4, -0.2) is 12.4 Å². The summed E-state index contributed by atoms with van der Waals surface area (Å²) in [5, 5.41) is 2.02. The molecule has 0 saturated heterocycles. The molecule has 3 rings (SSSR count). The lowest BCUT2D eigenvalue weighted by atomic mass is 9.99. The highest BCUT2D eigenvalue weighted by atomic mass is 32.1. The molecule has 2 nitrogen and oxygen atoms in total. The Labute approximate surface area is 116 Å². The number of Topliss-reactive ketones (excluding diaryl/α,β-unsaturated/α-hetero) is 1. The maximum atomic E-state index is 12.6. The number of thiophene rings is 1. The van der Waals surface area contributed by atoms with Gasteiger partial charge >= 0.3 is 0 Å². The third-order valence-electron chi connectivity index (χ3n) is 3.23. The smallest absolute Gasteiger partial charge is 0.192 e. The molecule has 96 valence electrons. The Morgan fingerprint density at radius 3 is 2.95 bits per heavy atom. The van der Waals surface area contributed by atoms with Crippen molar-refractivity contribution in [3.05, 3.63) is 57.3 Å². The fourth-order valence-electron chi connectivity index (χ4n) is 2.26. The summed E-state index contributed by atoms with van der Waals surface area (Å²) in [4.78, 5) is 13.7. The van der Waals surface area contributed by atoms with Crippen molar-refractivity contribution in [3.63, 3.8) is 0 Å². The van der Waals surface area contributed by atoms with Gasteiger partial charge in [0.15, 0.2) is 5.78 Å². The number of hydrogen-bond acceptors (Lipinski definition) is 3. The maximum absolute atomic E-state index is 12.6. The van der Waals surface area contributed by atoms with E-state index in [9.17, 15) is 4.79 Å². The van der Waals surface area contributed by atoms with Gasteiger partial charge in [-0.25, -0.2) is 0 Å². The second kappa shape index (κ2) is 5.02.